The van der Waals surface area contributed by atoms with Gasteiger partial charge in [-0.05, 0) is 68.8 Å². The minimum Gasteiger partial charge on any atom is -0.497 e. The monoisotopic (exact) mass is 456 g/mol. The second-order valence-corrected chi connectivity index (χ2v) is 8.35. The molecule has 1 atom stereocenters. The fourth-order valence-corrected chi connectivity index (χ4v) is 4.38. The first-order valence-electron chi connectivity index (χ1n) is 9.91. The Balaban J connectivity index is 1.53. The number of carbonyl (C=O) groups is 1. The summed E-state index contributed by atoms with van der Waals surface area (Å²) in [5.41, 5.74) is 2.77. The van der Waals surface area contributed by atoms with Gasteiger partial charge in [0.05, 0.1) is 13.2 Å². The predicted octanol–water partition coefficient (Wildman–Crippen LogP) is 5.08. The normalized spacial score (nSPS) is 15.6. The van der Waals surface area contributed by atoms with Gasteiger partial charge in [-0.25, -0.2) is 0 Å². The molecule has 0 bridgehead atoms. The van der Waals surface area contributed by atoms with Crippen molar-refractivity contribution in [3.63, 3.8) is 0 Å². The second kappa shape index (κ2) is 8.59. The minimum atomic E-state index is -0.174. The van der Waals surface area contributed by atoms with Crippen LogP contribution in [0.3, 0.4) is 0 Å². The quantitative estimate of drug-likeness (QED) is 0.561. The maximum Gasteiger partial charge on any atom is 0.287 e. The first-order chi connectivity index (χ1) is 14.1. The minimum absolute atomic E-state index is 0.131. The number of nitrogens with zero attached hydrogens (tertiary/aromatic N) is 1. The average molecular weight is 457 g/mol. The largest absolute Gasteiger partial charge is 0.497 e. The molecule has 1 N–H and O–H groups in total. The van der Waals surface area contributed by atoms with Crippen molar-refractivity contribution < 1.29 is 13.9 Å². The van der Waals surface area contributed by atoms with Crippen molar-refractivity contribution in [1.82, 2.24) is 10.2 Å². The van der Waals surface area contributed by atoms with Crippen LogP contribution >= 0.6 is 15.9 Å². The molecule has 5 nitrogen and oxygen atoms in total. The molecule has 1 unspecified atom stereocenters. The van der Waals surface area contributed by atoms with E-state index in [1.54, 1.807) is 7.11 Å². The number of likely N-dealkylation sites (tertiary alicyclic amines) is 1. The first-order valence-corrected chi connectivity index (χ1v) is 10.7. The topological polar surface area (TPSA) is 54.7 Å². The molecule has 1 aromatic heterocycles. The van der Waals surface area contributed by atoms with E-state index in [1.807, 2.05) is 37.3 Å². The van der Waals surface area contributed by atoms with E-state index in [2.05, 4.69) is 38.3 Å². The molecule has 0 spiro atoms. The lowest BCUT2D eigenvalue weighted by atomic mass is 10.0. The summed E-state index contributed by atoms with van der Waals surface area (Å²) in [4.78, 5) is 15.4. The van der Waals surface area contributed by atoms with Gasteiger partial charge in [0, 0.05) is 22.0 Å². The number of furan rings is 1. The molecule has 2 heterocycles. The van der Waals surface area contributed by atoms with Gasteiger partial charge in [0.15, 0.2) is 5.76 Å². The summed E-state index contributed by atoms with van der Waals surface area (Å²) in [6, 6.07) is 14.0. The Morgan fingerprint density at radius 2 is 1.93 bits per heavy atom. The number of hydrogen-bond acceptors (Lipinski definition) is 4. The van der Waals surface area contributed by atoms with Gasteiger partial charge in [-0.15, -0.1) is 0 Å². The van der Waals surface area contributed by atoms with Crippen molar-refractivity contribution in [2.24, 2.45) is 0 Å². The summed E-state index contributed by atoms with van der Waals surface area (Å²) in [5, 5.41) is 4.06. The van der Waals surface area contributed by atoms with Gasteiger partial charge in [-0.2, -0.15) is 0 Å². The number of nitrogens with one attached hydrogen (secondary N) is 1. The number of carbonyl (C=O) groups excluding carboxylic acids is 1. The molecule has 3 aromatic rings. The van der Waals surface area contributed by atoms with Crippen LogP contribution in [0.4, 0.5) is 0 Å². The lowest BCUT2D eigenvalue weighted by molar-refractivity contribution is 0.0911. The van der Waals surface area contributed by atoms with Crippen LogP contribution in [0.1, 0.15) is 40.6 Å². The molecule has 1 saturated heterocycles. The number of methoxy groups -OCH3 is 1. The van der Waals surface area contributed by atoms with E-state index >= 15 is 0 Å². The third-order valence-corrected chi connectivity index (χ3v) is 6.14. The molecular formula is C23H25BrN2O3. The number of hydrogen-bond donors (Lipinski definition) is 1. The highest BCUT2D eigenvalue weighted by molar-refractivity contribution is 9.10. The average Bonchev–Trinajstić information content (AvgIpc) is 3.37. The van der Waals surface area contributed by atoms with Gasteiger partial charge in [0.2, 0.25) is 0 Å². The molecule has 0 radical (unpaired) electrons. The maximum atomic E-state index is 12.9. The third-order valence-electron chi connectivity index (χ3n) is 5.64. The molecule has 1 amide bonds. The van der Waals surface area contributed by atoms with Crippen LogP contribution in [0.15, 0.2) is 51.4 Å². The highest BCUT2D eigenvalue weighted by Gasteiger charge is 2.25. The molecular weight excluding hydrogens is 432 g/mol. The molecule has 29 heavy (non-hydrogen) atoms. The summed E-state index contributed by atoms with van der Waals surface area (Å²) in [5.74, 6) is 1.04. The van der Waals surface area contributed by atoms with Crippen molar-refractivity contribution in [1.29, 1.82) is 0 Å². The molecule has 4 rings (SSSR count). The van der Waals surface area contributed by atoms with E-state index in [-0.39, 0.29) is 11.9 Å². The summed E-state index contributed by atoms with van der Waals surface area (Å²) >= 11 is 3.48. The van der Waals surface area contributed by atoms with E-state index in [0.29, 0.717) is 12.3 Å². The molecule has 6 heteroatoms. The SMILES string of the molecule is COc1ccc(C(CNC(=O)c2oc3ccc(Br)cc3c2C)N2CCCC2)cc1. The van der Waals surface area contributed by atoms with E-state index in [0.717, 1.165) is 39.8 Å². The number of amides is 1. The number of benzene rings is 2. The Bertz CT molecular complexity index is 1010. The van der Waals surface area contributed by atoms with E-state index < -0.39 is 0 Å². The van der Waals surface area contributed by atoms with Crippen LogP contribution in [0.2, 0.25) is 0 Å². The number of rotatable bonds is 6. The number of aryl methyl sites for hydroxylation is 1. The number of halogens is 1. The number of ether oxygens (including phenoxy) is 1. The Morgan fingerprint density at radius 3 is 2.62 bits per heavy atom. The third kappa shape index (κ3) is 4.19. The van der Waals surface area contributed by atoms with Crippen LogP contribution in [-0.2, 0) is 0 Å². The van der Waals surface area contributed by atoms with Gasteiger partial charge in [0.1, 0.15) is 11.3 Å². The van der Waals surface area contributed by atoms with Gasteiger partial charge in [0.25, 0.3) is 5.91 Å². The van der Waals surface area contributed by atoms with Gasteiger partial charge in [-0.1, -0.05) is 28.1 Å². The molecule has 1 fully saturated rings. The van der Waals surface area contributed by atoms with Gasteiger partial charge >= 0.3 is 0 Å². The second-order valence-electron chi connectivity index (χ2n) is 7.44. The Morgan fingerprint density at radius 1 is 1.21 bits per heavy atom. The zero-order valence-corrected chi connectivity index (χ0v) is 18.3. The zero-order chi connectivity index (χ0) is 20.4. The standard InChI is InChI=1S/C23H25BrN2O3/c1-15-19-13-17(24)7-10-21(19)29-22(15)23(27)25-14-20(26-11-3-4-12-26)16-5-8-18(28-2)9-6-16/h5-10,13,20H,3-4,11-12,14H2,1-2H3,(H,25,27). The first kappa shape index (κ1) is 20.0. The lowest BCUT2D eigenvalue weighted by Crippen LogP contribution is -2.36. The summed E-state index contributed by atoms with van der Waals surface area (Å²) in [6.45, 7) is 4.55. The Hall–Kier alpha value is -2.31. The van der Waals surface area contributed by atoms with Crippen molar-refractivity contribution in [2.75, 3.05) is 26.7 Å². The summed E-state index contributed by atoms with van der Waals surface area (Å²) in [6.07, 6.45) is 2.39. The smallest absolute Gasteiger partial charge is 0.287 e. The zero-order valence-electron chi connectivity index (χ0n) is 16.7. The fourth-order valence-electron chi connectivity index (χ4n) is 4.02. The van der Waals surface area contributed by atoms with E-state index in [9.17, 15) is 4.79 Å². The fraction of sp³-hybridized carbons (Fsp3) is 0.348. The molecule has 2 aromatic carbocycles. The lowest BCUT2D eigenvalue weighted by Gasteiger charge is -2.28. The van der Waals surface area contributed by atoms with Crippen molar-refractivity contribution in [3.8, 4) is 5.75 Å². The van der Waals surface area contributed by atoms with Crippen molar-refractivity contribution in [2.45, 2.75) is 25.8 Å². The van der Waals surface area contributed by atoms with Crippen LogP contribution < -0.4 is 10.1 Å². The van der Waals surface area contributed by atoms with Gasteiger partial charge in [-0.3, -0.25) is 9.69 Å². The van der Waals surface area contributed by atoms with Crippen molar-refractivity contribution >= 4 is 32.8 Å². The highest BCUT2D eigenvalue weighted by atomic mass is 79.9. The molecule has 0 aliphatic carbocycles. The van der Waals surface area contributed by atoms with Crippen molar-refractivity contribution in [3.05, 3.63) is 63.8 Å². The van der Waals surface area contributed by atoms with Gasteiger partial charge < -0.3 is 14.5 Å². The van der Waals surface area contributed by atoms with Crippen LogP contribution in [0, 0.1) is 6.92 Å². The maximum absolute atomic E-state index is 12.9. The highest BCUT2D eigenvalue weighted by Crippen LogP contribution is 2.29. The predicted molar refractivity (Wildman–Crippen MR) is 118 cm³/mol. The number of fused-ring (bicyclic) bond motifs is 1. The Kier molecular flexibility index (Phi) is 5.92. The summed E-state index contributed by atoms with van der Waals surface area (Å²) in [7, 11) is 1.67. The van der Waals surface area contributed by atoms with Crippen LogP contribution in [-0.4, -0.2) is 37.6 Å². The molecule has 152 valence electrons. The van der Waals surface area contributed by atoms with E-state index in [1.165, 1.54) is 18.4 Å². The van der Waals surface area contributed by atoms with Crippen LogP contribution in [0.25, 0.3) is 11.0 Å². The molecule has 1 aliphatic rings. The Labute approximate surface area is 179 Å². The molecule has 1 aliphatic heterocycles. The molecule has 0 saturated carbocycles. The van der Waals surface area contributed by atoms with Crippen LogP contribution in [0.5, 0.6) is 5.75 Å². The van der Waals surface area contributed by atoms with E-state index in [4.69, 9.17) is 9.15 Å². The summed E-state index contributed by atoms with van der Waals surface area (Å²) < 4.78 is 12.1.